The summed E-state index contributed by atoms with van der Waals surface area (Å²) < 4.78 is 32.3. The molecule has 0 radical (unpaired) electrons. The lowest BCUT2D eigenvalue weighted by atomic mass is 10.3. The van der Waals surface area contributed by atoms with Crippen LogP contribution in [0.5, 0.6) is 0 Å². The first-order chi connectivity index (χ1) is 13.5. The molecule has 174 valence electrons. The van der Waals surface area contributed by atoms with Crippen molar-refractivity contribution in [2.24, 2.45) is 0 Å². The second kappa shape index (κ2) is 17.8. The van der Waals surface area contributed by atoms with Crippen molar-refractivity contribution in [3.63, 3.8) is 0 Å². The van der Waals surface area contributed by atoms with Crippen LogP contribution in [0.15, 0.2) is 0 Å². The molecule has 0 heterocycles. The van der Waals surface area contributed by atoms with Gasteiger partial charge in [0.25, 0.3) is 11.8 Å². The van der Waals surface area contributed by atoms with E-state index in [0.29, 0.717) is 11.5 Å². The van der Waals surface area contributed by atoms with Crippen LogP contribution in [0.1, 0.15) is 40.5 Å². The Hall–Kier alpha value is -1.00. The van der Waals surface area contributed by atoms with Crippen molar-refractivity contribution in [1.82, 2.24) is 21.1 Å². The van der Waals surface area contributed by atoms with Crippen LogP contribution in [0, 0.1) is 0 Å². The molecule has 0 aromatic rings. The molecule has 0 bridgehead atoms. The van der Waals surface area contributed by atoms with E-state index < -0.39 is 40.2 Å². The van der Waals surface area contributed by atoms with E-state index in [2.05, 4.69) is 10.3 Å². The summed E-state index contributed by atoms with van der Waals surface area (Å²) >= 11 is -2.81. The largest absolute Gasteiger partial charge is 0.289 e. The van der Waals surface area contributed by atoms with Gasteiger partial charge in [0.15, 0.2) is 22.2 Å². The van der Waals surface area contributed by atoms with E-state index in [0.717, 1.165) is 17.9 Å². The number of carbonyl (C=O) groups excluding carboxylic acids is 2. The summed E-state index contributed by atoms with van der Waals surface area (Å²) in [6, 6.07) is -1.26. The number of hydroxylamine groups is 6. The van der Waals surface area contributed by atoms with Crippen molar-refractivity contribution in [2.45, 2.75) is 52.6 Å². The standard InChI is InChI=1S/C8H18N2O4S.C7H16N2O4S/c1-5-6-15(12)14-10(3)7(2)8(11)9-13-4;1-4-5-14(12)13-9(3)6(2)7(10)8-11/h7H,5-6H2,1-4H3,(H,9,11);6,11H,4-5H2,1-3H3,(H,8,10). The molecule has 0 fully saturated rings. The third-order valence-electron chi connectivity index (χ3n) is 3.31. The Morgan fingerprint density at radius 2 is 1.31 bits per heavy atom. The number of hydrogen-bond acceptors (Lipinski definition) is 10. The molecular weight excluding hydrogens is 428 g/mol. The van der Waals surface area contributed by atoms with E-state index in [-0.39, 0.29) is 5.91 Å². The van der Waals surface area contributed by atoms with Crippen LogP contribution in [0.3, 0.4) is 0 Å². The molecular formula is C15H34N4O8S2. The van der Waals surface area contributed by atoms with Crippen molar-refractivity contribution in [3.8, 4) is 0 Å². The average Bonchev–Trinajstić information content (AvgIpc) is 2.66. The maximum absolute atomic E-state index is 11.3. The molecule has 0 rings (SSSR count). The highest BCUT2D eigenvalue weighted by Gasteiger charge is 2.21. The van der Waals surface area contributed by atoms with E-state index in [1.165, 1.54) is 31.6 Å². The Morgan fingerprint density at radius 3 is 1.62 bits per heavy atom. The zero-order valence-corrected chi connectivity index (χ0v) is 19.6. The SMILES string of the molecule is CCCS(=O)ON(C)C(C)C(=O)NO.CCCS(=O)ON(C)C(C)C(=O)NOC. The van der Waals surface area contributed by atoms with E-state index in [9.17, 15) is 18.0 Å². The highest BCUT2D eigenvalue weighted by Crippen LogP contribution is 2.01. The fourth-order valence-electron chi connectivity index (χ4n) is 1.41. The summed E-state index contributed by atoms with van der Waals surface area (Å²) in [6.07, 6.45) is 1.50. The third kappa shape index (κ3) is 14.6. The molecule has 0 aliphatic rings. The normalized spacial score (nSPS) is 15.1. The summed E-state index contributed by atoms with van der Waals surface area (Å²) in [7, 11) is 4.38. The number of hydrogen-bond donors (Lipinski definition) is 3. The second-order valence-electron chi connectivity index (χ2n) is 5.76. The molecule has 0 saturated heterocycles. The predicted molar refractivity (Wildman–Crippen MR) is 108 cm³/mol. The monoisotopic (exact) mass is 462 g/mol. The number of nitrogens with one attached hydrogen (secondary N) is 2. The molecule has 12 nitrogen and oxygen atoms in total. The zero-order valence-electron chi connectivity index (χ0n) is 18.0. The van der Waals surface area contributed by atoms with Crippen molar-refractivity contribution >= 4 is 34.0 Å². The first-order valence-electron chi connectivity index (χ1n) is 8.91. The maximum Gasteiger partial charge on any atom is 0.263 e. The summed E-state index contributed by atoms with van der Waals surface area (Å²) in [5, 5.41) is 10.7. The quantitative estimate of drug-likeness (QED) is 0.248. The Kier molecular flexibility index (Phi) is 18.6. The van der Waals surface area contributed by atoms with Gasteiger partial charge in [-0.25, -0.2) is 19.4 Å². The van der Waals surface area contributed by atoms with Crippen LogP contribution in [0.2, 0.25) is 0 Å². The topological polar surface area (TPSA) is 147 Å². The van der Waals surface area contributed by atoms with Crippen LogP contribution in [0.25, 0.3) is 0 Å². The molecule has 0 aliphatic heterocycles. The lowest BCUT2D eigenvalue weighted by Crippen LogP contribution is -2.43. The molecule has 0 aromatic heterocycles. The molecule has 0 spiro atoms. The predicted octanol–water partition coefficient (Wildman–Crippen LogP) is -0.193. The number of rotatable bonds is 13. The molecule has 0 aromatic carbocycles. The average molecular weight is 463 g/mol. The minimum Gasteiger partial charge on any atom is -0.289 e. The Balaban J connectivity index is 0. The Morgan fingerprint density at radius 1 is 0.931 bits per heavy atom. The van der Waals surface area contributed by atoms with Crippen LogP contribution in [0.4, 0.5) is 0 Å². The fraction of sp³-hybridized carbons (Fsp3) is 0.867. The zero-order chi connectivity index (χ0) is 23.0. The van der Waals surface area contributed by atoms with E-state index >= 15 is 0 Å². The van der Waals surface area contributed by atoms with E-state index in [4.69, 9.17) is 13.8 Å². The maximum atomic E-state index is 11.3. The molecule has 3 N–H and O–H groups in total. The van der Waals surface area contributed by atoms with Gasteiger partial charge in [0, 0.05) is 14.1 Å². The first-order valence-corrected chi connectivity index (χ1v) is 11.4. The van der Waals surface area contributed by atoms with Crippen molar-refractivity contribution in [2.75, 3.05) is 32.7 Å². The van der Waals surface area contributed by atoms with Crippen LogP contribution < -0.4 is 11.0 Å². The van der Waals surface area contributed by atoms with Crippen molar-refractivity contribution in [3.05, 3.63) is 0 Å². The smallest absolute Gasteiger partial charge is 0.263 e. The van der Waals surface area contributed by atoms with Gasteiger partial charge in [-0.2, -0.15) is 18.7 Å². The van der Waals surface area contributed by atoms with Crippen LogP contribution in [-0.2, 0) is 45.2 Å². The summed E-state index contributed by atoms with van der Waals surface area (Å²) in [5.74, 6) is -0.102. The van der Waals surface area contributed by atoms with Gasteiger partial charge in [-0.1, -0.05) is 13.8 Å². The van der Waals surface area contributed by atoms with Crippen molar-refractivity contribution in [1.29, 1.82) is 0 Å². The summed E-state index contributed by atoms with van der Waals surface area (Å²) in [6.45, 7) is 6.93. The fourth-order valence-corrected chi connectivity index (χ4v) is 3.01. The molecule has 0 saturated carbocycles. The Labute approximate surface area is 177 Å². The van der Waals surface area contributed by atoms with Crippen LogP contribution in [-0.4, -0.2) is 80.4 Å². The van der Waals surface area contributed by atoms with Crippen LogP contribution >= 0.6 is 0 Å². The number of amides is 2. The lowest BCUT2D eigenvalue weighted by Gasteiger charge is -2.21. The number of carbonyl (C=O) groups is 2. The van der Waals surface area contributed by atoms with Gasteiger partial charge < -0.3 is 0 Å². The van der Waals surface area contributed by atoms with E-state index in [1.54, 1.807) is 14.0 Å². The highest BCUT2D eigenvalue weighted by atomic mass is 32.2. The van der Waals surface area contributed by atoms with Gasteiger partial charge in [0.05, 0.1) is 18.6 Å². The Bertz CT molecular complexity index is 527. The lowest BCUT2D eigenvalue weighted by molar-refractivity contribution is -0.146. The summed E-state index contributed by atoms with van der Waals surface area (Å²) in [5.41, 5.74) is 3.66. The summed E-state index contributed by atoms with van der Waals surface area (Å²) in [4.78, 5) is 26.6. The third-order valence-corrected chi connectivity index (χ3v) is 5.59. The molecule has 0 aliphatic carbocycles. The van der Waals surface area contributed by atoms with Gasteiger partial charge in [-0.05, 0) is 26.7 Å². The molecule has 14 heteroatoms. The number of nitrogens with zero attached hydrogens (tertiary/aromatic N) is 2. The molecule has 2 amide bonds. The second-order valence-corrected chi connectivity index (χ2v) is 8.09. The first kappa shape index (κ1) is 30.2. The van der Waals surface area contributed by atoms with Gasteiger partial charge >= 0.3 is 0 Å². The van der Waals surface area contributed by atoms with Gasteiger partial charge in [0.1, 0.15) is 12.1 Å². The molecule has 4 unspecified atom stereocenters. The minimum atomic E-state index is -1.42. The highest BCUT2D eigenvalue weighted by molar-refractivity contribution is 7.80. The molecule has 29 heavy (non-hydrogen) atoms. The molecule has 4 atom stereocenters. The minimum absolute atomic E-state index is 0.353. The van der Waals surface area contributed by atoms with Gasteiger partial charge in [0.2, 0.25) is 0 Å². The van der Waals surface area contributed by atoms with Crippen molar-refractivity contribution < 1.29 is 36.6 Å². The van der Waals surface area contributed by atoms with Gasteiger partial charge in [-0.15, -0.1) is 0 Å². The number of likely N-dealkylation sites (N-methyl/N-ethyl adjacent to an activating group) is 2. The van der Waals surface area contributed by atoms with Gasteiger partial charge in [-0.3, -0.25) is 19.6 Å². The van der Waals surface area contributed by atoms with E-state index in [1.807, 2.05) is 13.8 Å².